The molecule has 0 saturated carbocycles. The van der Waals surface area contributed by atoms with Crippen LogP contribution in [0, 0.1) is 11.3 Å². The zero-order valence-corrected chi connectivity index (χ0v) is 18.0. The first-order valence-corrected chi connectivity index (χ1v) is 10.0. The van der Waals surface area contributed by atoms with Crippen LogP contribution in [0.3, 0.4) is 0 Å². The highest BCUT2D eigenvalue weighted by Crippen LogP contribution is 2.20. The molecule has 8 heteroatoms. The molecule has 0 bridgehead atoms. The van der Waals surface area contributed by atoms with Crippen molar-refractivity contribution >= 4 is 11.6 Å². The summed E-state index contributed by atoms with van der Waals surface area (Å²) in [6.07, 6.45) is 0.0504. The van der Waals surface area contributed by atoms with E-state index in [9.17, 15) is 14.9 Å². The van der Waals surface area contributed by atoms with E-state index in [2.05, 4.69) is 16.4 Å². The zero-order valence-electron chi connectivity index (χ0n) is 18.0. The molecule has 1 heterocycles. The summed E-state index contributed by atoms with van der Waals surface area (Å²) in [5, 5.41) is 12.5. The van der Waals surface area contributed by atoms with Gasteiger partial charge in [0.25, 0.3) is 0 Å². The molecule has 0 saturated heterocycles. The van der Waals surface area contributed by atoms with Gasteiger partial charge in [-0.15, -0.1) is 0 Å². The zero-order chi connectivity index (χ0) is 22.5. The van der Waals surface area contributed by atoms with Gasteiger partial charge in [0.05, 0.1) is 24.3 Å². The van der Waals surface area contributed by atoms with E-state index in [-0.39, 0.29) is 24.6 Å². The largest absolute Gasteiger partial charge is 0.491 e. The van der Waals surface area contributed by atoms with Gasteiger partial charge in [0.2, 0.25) is 5.95 Å². The first-order chi connectivity index (χ1) is 14.8. The summed E-state index contributed by atoms with van der Waals surface area (Å²) in [5.41, 5.74) is 0.633. The first kappa shape index (κ1) is 21.8. The molecule has 2 aromatic carbocycles. The van der Waals surface area contributed by atoms with E-state index in [0.717, 1.165) is 4.57 Å². The van der Waals surface area contributed by atoms with Crippen LogP contribution in [0.2, 0.25) is 0 Å². The second-order valence-corrected chi connectivity index (χ2v) is 7.64. The Bertz CT molecular complexity index is 1220. The molecule has 1 aromatic heterocycles. The van der Waals surface area contributed by atoms with Crippen LogP contribution >= 0.6 is 0 Å². The lowest BCUT2D eigenvalue weighted by molar-refractivity contribution is 0.242. The third-order valence-corrected chi connectivity index (χ3v) is 4.57. The molecule has 0 radical (unpaired) electrons. The minimum Gasteiger partial charge on any atom is -0.491 e. The Balaban J connectivity index is 2.06. The number of hydrogen-bond donors (Lipinski definition) is 1. The SMILES string of the molecule is CC(C)Oc1ccc(Nc2nc(=O)n(C(C)C)c(=O)n2Cc2ccccc2C#N)cc1. The molecular weight excluding hydrogens is 394 g/mol. The molecule has 3 rings (SSSR count). The second-order valence-electron chi connectivity index (χ2n) is 7.64. The normalized spacial score (nSPS) is 10.9. The average Bonchev–Trinajstić information content (AvgIpc) is 2.71. The van der Waals surface area contributed by atoms with Crippen molar-refractivity contribution < 1.29 is 4.74 Å². The van der Waals surface area contributed by atoms with E-state index < -0.39 is 11.4 Å². The predicted molar refractivity (Wildman–Crippen MR) is 119 cm³/mol. The van der Waals surface area contributed by atoms with Crippen molar-refractivity contribution in [2.24, 2.45) is 0 Å². The van der Waals surface area contributed by atoms with E-state index in [1.165, 1.54) is 4.57 Å². The maximum atomic E-state index is 13.2. The standard InChI is InChI=1S/C23H25N5O3/c1-15(2)28-22(29)26-21(25-19-9-11-20(12-10-19)31-16(3)4)27(23(28)30)14-18-8-6-5-7-17(18)13-24/h5-12,15-16H,14H2,1-4H3,(H,25,26,29). The van der Waals surface area contributed by atoms with E-state index in [4.69, 9.17) is 4.74 Å². The maximum Gasteiger partial charge on any atom is 0.355 e. The molecule has 0 aliphatic carbocycles. The highest BCUT2D eigenvalue weighted by atomic mass is 16.5. The summed E-state index contributed by atoms with van der Waals surface area (Å²) in [6.45, 7) is 7.48. The smallest absolute Gasteiger partial charge is 0.355 e. The van der Waals surface area contributed by atoms with Crippen molar-refractivity contribution in [3.63, 3.8) is 0 Å². The van der Waals surface area contributed by atoms with Gasteiger partial charge in [0, 0.05) is 11.7 Å². The Morgan fingerprint density at radius 2 is 1.74 bits per heavy atom. The second kappa shape index (κ2) is 9.30. The fourth-order valence-electron chi connectivity index (χ4n) is 3.14. The Kier molecular flexibility index (Phi) is 6.55. The van der Waals surface area contributed by atoms with Gasteiger partial charge >= 0.3 is 11.4 Å². The van der Waals surface area contributed by atoms with Crippen LogP contribution in [0.5, 0.6) is 5.75 Å². The lowest BCUT2D eigenvalue weighted by Crippen LogP contribution is -2.43. The topological polar surface area (TPSA) is 102 Å². The van der Waals surface area contributed by atoms with Gasteiger partial charge in [0.15, 0.2) is 0 Å². The van der Waals surface area contributed by atoms with Gasteiger partial charge < -0.3 is 10.1 Å². The summed E-state index contributed by atoms with van der Waals surface area (Å²) in [7, 11) is 0. The minimum atomic E-state index is -0.632. The van der Waals surface area contributed by atoms with Crippen LogP contribution in [0.1, 0.15) is 44.9 Å². The molecular formula is C23H25N5O3. The Morgan fingerprint density at radius 3 is 2.35 bits per heavy atom. The highest BCUT2D eigenvalue weighted by molar-refractivity contribution is 5.55. The van der Waals surface area contributed by atoms with E-state index in [1.54, 1.807) is 62.4 Å². The average molecular weight is 419 g/mol. The molecule has 0 aliphatic rings. The summed E-state index contributed by atoms with van der Waals surface area (Å²) < 4.78 is 8.11. The molecule has 1 N–H and O–H groups in total. The lowest BCUT2D eigenvalue weighted by Gasteiger charge is -2.17. The Morgan fingerprint density at radius 1 is 1.06 bits per heavy atom. The van der Waals surface area contributed by atoms with Crippen molar-refractivity contribution in [2.45, 2.75) is 46.4 Å². The Hall–Kier alpha value is -3.86. The number of nitriles is 1. The number of ether oxygens (including phenoxy) is 1. The fourth-order valence-corrected chi connectivity index (χ4v) is 3.14. The monoisotopic (exact) mass is 419 g/mol. The van der Waals surface area contributed by atoms with Crippen molar-refractivity contribution in [2.75, 3.05) is 5.32 Å². The number of rotatable bonds is 7. The van der Waals surface area contributed by atoms with Gasteiger partial charge in [-0.25, -0.2) is 14.2 Å². The number of anilines is 2. The molecule has 0 spiro atoms. The number of hydrogen-bond acceptors (Lipinski definition) is 6. The number of nitrogens with one attached hydrogen (secondary N) is 1. The molecule has 0 aliphatic heterocycles. The molecule has 8 nitrogen and oxygen atoms in total. The summed E-state index contributed by atoms with van der Waals surface area (Å²) >= 11 is 0. The fraction of sp³-hybridized carbons (Fsp3) is 0.304. The van der Waals surface area contributed by atoms with E-state index in [1.807, 2.05) is 13.8 Å². The van der Waals surface area contributed by atoms with Crippen LogP contribution in [-0.4, -0.2) is 20.2 Å². The van der Waals surface area contributed by atoms with Crippen LogP contribution in [-0.2, 0) is 6.54 Å². The lowest BCUT2D eigenvalue weighted by atomic mass is 10.1. The van der Waals surface area contributed by atoms with Gasteiger partial charge in [-0.3, -0.25) is 4.57 Å². The molecule has 0 amide bonds. The van der Waals surface area contributed by atoms with Crippen molar-refractivity contribution in [1.29, 1.82) is 5.26 Å². The van der Waals surface area contributed by atoms with Crippen LogP contribution in [0.15, 0.2) is 58.1 Å². The number of aromatic nitrogens is 3. The number of benzene rings is 2. The first-order valence-electron chi connectivity index (χ1n) is 10.0. The minimum absolute atomic E-state index is 0.0504. The third kappa shape index (κ3) is 5.01. The van der Waals surface area contributed by atoms with E-state index in [0.29, 0.717) is 22.6 Å². The van der Waals surface area contributed by atoms with Gasteiger partial charge in [-0.2, -0.15) is 10.2 Å². The van der Waals surface area contributed by atoms with Gasteiger partial charge in [-0.05, 0) is 63.6 Å². The van der Waals surface area contributed by atoms with Crippen molar-refractivity contribution in [3.05, 3.63) is 80.6 Å². The highest BCUT2D eigenvalue weighted by Gasteiger charge is 2.17. The molecule has 3 aromatic rings. The molecule has 0 fully saturated rings. The summed E-state index contributed by atoms with van der Waals surface area (Å²) in [6, 6.07) is 16.0. The van der Waals surface area contributed by atoms with Crippen LogP contribution in [0.25, 0.3) is 0 Å². The predicted octanol–water partition coefficient (Wildman–Crippen LogP) is 3.44. The molecule has 0 atom stereocenters. The summed E-state index contributed by atoms with van der Waals surface area (Å²) in [5.74, 6) is 0.821. The van der Waals surface area contributed by atoms with Gasteiger partial charge in [-0.1, -0.05) is 18.2 Å². The van der Waals surface area contributed by atoms with E-state index >= 15 is 0 Å². The third-order valence-electron chi connectivity index (χ3n) is 4.57. The van der Waals surface area contributed by atoms with Crippen LogP contribution < -0.4 is 21.4 Å². The molecule has 0 unspecified atom stereocenters. The summed E-state index contributed by atoms with van der Waals surface area (Å²) in [4.78, 5) is 29.8. The van der Waals surface area contributed by atoms with Gasteiger partial charge in [0.1, 0.15) is 5.75 Å². The Labute approximate surface area is 180 Å². The molecule has 160 valence electrons. The number of nitrogens with zero attached hydrogens (tertiary/aromatic N) is 4. The van der Waals surface area contributed by atoms with Crippen molar-refractivity contribution in [3.8, 4) is 11.8 Å². The molecule has 31 heavy (non-hydrogen) atoms. The maximum absolute atomic E-state index is 13.2. The van der Waals surface area contributed by atoms with Crippen molar-refractivity contribution in [1.82, 2.24) is 14.1 Å². The quantitative estimate of drug-likeness (QED) is 0.629. The van der Waals surface area contributed by atoms with Crippen LogP contribution in [0.4, 0.5) is 11.6 Å².